The first-order valence-electron chi connectivity index (χ1n) is 6.09. The van der Waals surface area contributed by atoms with Crippen LogP contribution in [-0.4, -0.2) is 24.0 Å². The molecule has 1 heterocycles. The smallest absolute Gasteiger partial charge is 0.191 e. The monoisotopic (exact) mass is 360 g/mol. The number of guanidine groups is 1. The molecular weight excluding hydrogens is 339 g/mol. The lowest BCUT2D eigenvalue weighted by atomic mass is 10.3. The Morgan fingerprint density at radius 2 is 2.22 bits per heavy atom. The van der Waals surface area contributed by atoms with Gasteiger partial charge in [-0.1, -0.05) is 13.0 Å². The fourth-order valence-corrected chi connectivity index (χ4v) is 1.77. The number of hydrogen-bond donors (Lipinski definition) is 2. The Bertz CT molecular complexity index is 419. The molecule has 1 fully saturated rings. The predicted molar refractivity (Wildman–Crippen MR) is 85.3 cm³/mol. The van der Waals surface area contributed by atoms with Gasteiger partial charge in [0.15, 0.2) is 5.96 Å². The molecule has 0 aromatic carbocycles. The quantitative estimate of drug-likeness (QED) is 0.493. The van der Waals surface area contributed by atoms with Crippen LogP contribution in [0.1, 0.15) is 24.7 Å². The molecule has 1 aromatic rings. The van der Waals surface area contributed by atoms with Crippen LogP contribution in [0.3, 0.4) is 0 Å². The molecule has 0 aliphatic heterocycles. The third kappa shape index (κ3) is 4.44. The predicted octanol–water partition coefficient (Wildman–Crippen LogP) is 2.08. The first kappa shape index (κ1) is 15.2. The van der Waals surface area contributed by atoms with Gasteiger partial charge in [-0.2, -0.15) is 0 Å². The Morgan fingerprint density at radius 3 is 2.78 bits per heavy atom. The van der Waals surface area contributed by atoms with Crippen LogP contribution < -0.4 is 10.6 Å². The number of aryl methyl sites for hydroxylation is 1. The molecule has 2 rings (SSSR count). The van der Waals surface area contributed by atoms with E-state index in [2.05, 4.69) is 27.5 Å². The van der Waals surface area contributed by atoms with Crippen molar-refractivity contribution in [2.45, 2.75) is 32.9 Å². The highest BCUT2D eigenvalue weighted by Crippen LogP contribution is 2.28. The molecule has 2 N–H and O–H groups in total. The third-order valence-electron chi connectivity index (χ3n) is 3.04. The number of aliphatic imine (C=N–C) groups is 1. The van der Waals surface area contributed by atoms with Gasteiger partial charge < -0.3 is 10.6 Å². The van der Waals surface area contributed by atoms with Crippen LogP contribution >= 0.6 is 24.0 Å². The Balaban J connectivity index is 0.00000162. The Hall–Kier alpha value is -0.850. The number of pyridine rings is 1. The molecule has 0 amide bonds. The second-order valence-corrected chi connectivity index (χ2v) is 4.66. The van der Waals surface area contributed by atoms with Crippen molar-refractivity contribution in [2.24, 2.45) is 10.9 Å². The molecule has 1 saturated carbocycles. The van der Waals surface area contributed by atoms with Gasteiger partial charge in [0.1, 0.15) is 0 Å². The summed E-state index contributed by atoms with van der Waals surface area (Å²) in [5, 5.41) is 6.67. The molecule has 0 saturated heterocycles. The average Bonchev–Trinajstić information content (AvgIpc) is 3.00. The first-order chi connectivity index (χ1) is 8.19. The van der Waals surface area contributed by atoms with Crippen molar-refractivity contribution in [2.75, 3.05) is 7.05 Å². The summed E-state index contributed by atoms with van der Waals surface area (Å²) in [6.07, 6.45) is 1.24. The number of nitrogens with zero attached hydrogens (tertiary/aromatic N) is 2. The van der Waals surface area contributed by atoms with Gasteiger partial charge >= 0.3 is 0 Å². The van der Waals surface area contributed by atoms with E-state index in [4.69, 9.17) is 0 Å². The molecule has 18 heavy (non-hydrogen) atoms. The lowest BCUT2D eigenvalue weighted by Gasteiger charge is -2.11. The molecule has 0 bridgehead atoms. The van der Waals surface area contributed by atoms with Crippen LogP contribution in [-0.2, 0) is 6.54 Å². The number of halogens is 1. The van der Waals surface area contributed by atoms with Gasteiger partial charge in [0, 0.05) is 18.8 Å². The summed E-state index contributed by atoms with van der Waals surface area (Å²) >= 11 is 0. The zero-order chi connectivity index (χ0) is 12.3. The fourth-order valence-electron chi connectivity index (χ4n) is 1.77. The average molecular weight is 360 g/mol. The molecule has 0 radical (unpaired) electrons. The van der Waals surface area contributed by atoms with Crippen LogP contribution in [0.5, 0.6) is 0 Å². The second-order valence-electron chi connectivity index (χ2n) is 4.66. The molecule has 1 aromatic heterocycles. The molecule has 2 atom stereocenters. The van der Waals surface area contributed by atoms with Gasteiger partial charge in [0.2, 0.25) is 0 Å². The topological polar surface area (TPSA) is 49.3 Å². The minimum Gasteiger partial charge on any atom is -0.353 e. The Kier molecular flexibility index (Phi) is 5.84. The van der Waals surface area contributed by atoms with Crippen LogP contribution in [0.15, 0.2) is 23.2 Å². The SMILES string of the molecule is CN=C(NCc1cccc(C)n1)NC1CC1C.I. The van der Waals surface area contributed by atoms with Crippen molar-refractivity contribution in [3.8, 4) is 0 Å². The lowest BCUT2D eigenvalue weighted by molar-refractivity contribution is 0.755. The molecule has 5 heteroatoms. The van der Waals surface area contributed by atoms with E-state index >= 15 is 0 Å². The minimum atomic E-state index is 0. The Morgan fingerprint density at radius 1 is 1.50 bits per heavy atom. The van der Waals surface area contributed by atoms with Crippen molar-refractivity contribution in [3.05, 3.63) is 29.6 Å². The van der Waals surface area contributed by atoms with Crippen molar-refractivity contribution < 1.29 is 0 Å². The van der Waals surface area contributed by atoms with Gasteiger partial charge in [-0.15, -0.1) is 24.0 Å². The summed E-state index contributed by atoms with van der Waals surface area (Å²) in [6.45, 7) is 4.96. The maximum absolute atomic E-state index is 4.44. The van der Waals surface area contributed by atoms with E-state index in [-0.39, 0.29) is 24.0 Å². The number of aromatic nitrogens is 1. The molecule has 4 nitrogen and oxygen atoms in total. The highest BCUT2D eigenvalue weighted by atomic mass is 127. The summed E-state index contributed by atoms with van der Waals surface area (Å²) in [7, 11) is 1.80. The van der Waals surface area contributed by atoms with E-state index in [1.807, 2.05) is 25.1 Å². The molecule has 2 unspecified atom stereocenters. The highest BCUT2D eigenvalue weighted by molar-refractivity contribution is 14.0. The number of rotatable bonds is 3. The van der Waals surface area contributed by atoms with Gasteiger partial charge in [0.05, 0.1) is 12.2 Å². The summed E-state index contributed by atoms with van der Waals surface area (Å²) in [6, 6.07) is 6.64. The first-order valence-corrected chi connectivity index (χ1v) is 6.09. The van der Waals surface area contributed by atoms with Crippen molar-refractivity contribution in [1.82, 2.24) is 15.6 Å². The van der Waals surface area contributed by atoms with E-state index in [9.17, 15) is 0 Å². The van der Waals surface area contributed by atoms with Gasteiger partial charge in [0.25, 0.3) is 0 Å². The number of nitrogens with one attached hydrogen (secondary N) is 2. The lowest BCUT2D eigenvalue weighted by Crippen LogP contribution is -2.38. The van der Waals surface area contributed by atoms with Crippen LogP contribution in [0.4, 0.5) is 0 Å². The molecule has 1 aliphatic carbocycles. The van der Waals surface area contributed by atoms with Gasteiger partial charge in [-0.05, 0) is 31.4 Å². The van der Waals surface area contributed by atoms with Gasteiger partial charge in [-0.3, -0.25) is 9.98 Å². The molecular formula is C13H21IN4. The van der Waals surface area contributed by atoms with Crippen LogP contribution in [0.25, 0.3) is 0 Å². The number of hydrogen-bond acceptors (Lipinski definition) is 2. The van der Waals surface area contributed by atoms with Crippen molar-refractivity contribution in [3.63, 3.8) is 0 Å². The van der Waals surface area contributed by atoms with Crippen LogP contribution in [0.2, 0.25) is 0 Å². The molecule has 0 spiro atoms. The Labute approximate surface area is 126 Å². The molecule has 100 valence electrons. The zero-order valence-corrected chi connectivity index (χ0v) is 13.4. The zero-order valence-electron chi connectivity index (χ0n) is 11.1. The van der Waals surface area contributed by atoms with E-state index in [0.29, 0.717) is 12.6 Å². The molecule has 1 aliphatic rings. The standard InChI is InChI=1S/C13H20N4.HI/c1-9-7-12(9)17-13(14-3)15-8-11-6-4-5-10(2)16-11;/h4-6,9,12H,7-8H2,1-3H3,(H2,14,15,17);1H. The summed E-state index contributed by atoms with van der Waals surface area (Å²) in [5.41, 5.74) is 2.08. The van der Waals surface area contributed by atoms with E-state index in [1.165, 1.54) is 6.42 Å². The minimum absolute atomic E-state index is 0. The van der Waals surface area contributed by atoms with E-state index in [0.717, 1.165) is 23.3 Å². The maximum atomic E-state index is 4.44. The van der Waals surface area contributed by atoms with Crippen molar-refractivity contribution in [1.29, 1.82) is 0 Å². The normalized spacial score (nSPS) is 22.1. The fraction of sp³-hybridized carbons (Fsp3) is 0.538. The summed E-state index contributed by atoms with van der Waals surface area (Å²) < 4.78 is 0. The maximum Gasteiger partial charge on any atom is 0.191 e. The summed E-state index contributed by atoms with van der Waals surface area (Å²) in [4.78, 5) is 8.65. The van der Waals surface area contributed by atoms with E-state index < -0.39 is 0 Å². The van der Waals surface area contributed by atoms with Gasteiger partial charge in [-0.25, -0.2) is 0 Å². The highest BCUT2D eigenvalue weighted by Gasteiger charge is 2.33. The second kappa shape index (κ2) is 6.92. The summed E-state index contributed by atoms with van der Waals surface area (Å²) in [5.74, 6) is 1.63. The van der Waals surface area contributed by atoms with E-state index in [1.54, 1.807) is 7.05 Å². The largest absolute Gasteiger partial charge is 0.353 e. The third-order valence-corrected chi connectivity index (χ3v) is 3.04. The van der Waals surface area contributed by atoms with Crippen molar-refractivity contribution >= 4 is 29.9 Å². The van der Waals surface area contributed by atoms with Crippen LogP contribution in [0, 0.1) is 12.8 Å².